The Morgan fingerprint density at radius 2 is 1.94 bits per heavy atom. The number of allylic oxidation sites excluding steroid dienone is 4. The zero-order chi connectivity index (χ0) is 13.0. The fourth-order valence-corrected chi connectivity index (χ4v) is 2.18. The van der Waals surface area contributed by atoms with Gasteiger partial charge >= 0.3 is 0 Å². The van der Waals surface area contributed by atoms with E-state index in [9.17, 15) is 0 Å². The Morgan fingerprint density at radius 3 is 2.47 bits per heavy atom. The minimum Gasteiger partial charge on any atom is -0.494 e. The van der Waals surface area contributed by atoms with Gasteiger partial charge in [-0.05, 0) is 51.2 Å². The van der Waals surface area contributed by atoms with Crippen molar-refractivity contribution in [3.05, 3.63) is 23.0 Å². The molecule has 3 atom stereocenters. The van der Waals surface area contributed by atoms with Crippen LogP contribution in [-0.2, 0) is 4.74 Å². The molecule has 0 radical (unpaired) electrons. The molecule has 0 saturated heterocycles. The van der Waals surface area contributed by atoms with Gasteiger partial charge in [-0.25, -0.2) is 0 Å². The number of alkyl halides is 1. The standard InChI is InChI=1S/C15H25IO/c1-6-10(2)15-9-14(8-7-11(15)3)17-13(5)12(4)16/h9-10,12-13H,6-8H2,1-5H3/t10?,12?,13-/m0/s1. The summed E-state index contributed by atoms with van der Waals surface area (Å²) < 4.78 is 6.59. The third-order valence-electron chi connectivity index (χ3n) is 3.68. The molecule has 0 aromatic carbocycles. The largest absolute Gasteiger partial charge is 0.494 e. The molecule has 1 rings (SSSR count). The van der Waals surface area contributed by atoms with E-state index in [0.717, 1.165) is 12.8 Å². The molecule has 0 aliphatic heterocycles. The predicted molar refractivity (Wildman–Crippen MR) is 83.5 cm³/mol. The van der Waals surface area contributed by atoms with Crippen LogP contribution in [0.25, 0.3) is 0 Å². The van der Waals surface area contributed by atoms with Gasteiger partial charge in [0.25, 0.3) is 0 Å². The van der Waals surface area contributed by atoms with Gasteiger partial charge in [-0.2, -0.15) is 0 Å². The maximum absolute atomic E-state index is 6.05. The minimum atomic E-state index is 0.304. The highest BCUT2D eigenvalue weighted by atomic mass is 127. The first-order chi connectivity index (χ1) is 7.95. The summed E-state index contributed by atoms with van der Waals surface area (Å²) in [5.74, 6) is 1.84. The van der Waals surface area contributed by atoms with Crippen molar-refractivity contribution in [1.29, 1.82) is 0 Å². The highest BCUT2D eigenvalue weighted by Crippen LogP contribution is 2.31. The van der Waals surface area contributed by atoms with Crippen LogP contribution >= 0.6 is 22.6 Å². The molecule has 0 aromatic rings. The summed E-state index contributed by atoms with van der Waals surface area (Å²) >= 11 is 2.43. The Bertz CT molecular complexity index is 315. The van der Waals surface area contributed by atoms with Gasteiger partial charge in [0.1, 0.15) is 6.10 Å². The maximum Gasteiger partial charge on any atom is 0.107 e. The molecule has 2 unspecified atom stereocenters. The number of hydrogen-bond acceptors (Lipinski definition) is 1. The van der Waals surface area contributed by atoms with Gasteiger partial charge in [-0.15, -0.1) is 0 Å². The summed E-state index contributed by atoms with van der Waals surface area (Å²) in [4.78, 5) is 0. The SMILES string of the molecule is CCC(C)C1=C(C)CCC(O[C@@H](C)C(C)I)=C1. The molecule has 0 N–H and O–H groups in total. The Morgan fingerprint density at radius 1 is 1.29 bits per heavy atom. The quantitative estimate of drug-likeness (QED) is 0.487. The van der Waals surface area contributed by atoms with Gasteiger partial charge in [0.15, 0.2) is 0 Å². The van der Waals surface area contributed by atoms with Crippen LogP contribution in [0.3, 0.4) is 0 Å². The maximum atomic E-state index is 6.05. The van der Waals surface area contributed by atoms with Gasteiger partial charge in [-0.1, -0.05) is 42.0 Å². The summed E-state index contributed by atoms with van der Waals surface area (Å²) in [7, 11) is 0. The van der Waals surface area contributed by atoms with Crippen molar-refractivity contribution in [2.24, 2.45) is 5.92 Å². The van der Waals surface area contributed by atoms with E-state index >= 15 is 0 Å². The van der Waals surface area contributed by atoms with Gasteiger partial charge < -0.3 is 4.74 Å². The van der Waals surface area contributed by atoms with Gasteiger partial charge in [0.05, 0.1) is 5.76 Å². The van der Waals surface area contributed by atoms with Crippen LogP contribution < -0.4 is 0 Å². The Labute approximate surface area is 120 Å². The first kappa shape index (κ1) is 15.1. The van der Waals surface area contributed by atoms with Crippen LogP contribution in [0.1, 0.15) is 53.9 Å². The third-order valence-corrected chi connectivity index (χ3v) is 4.70. The Balaban J connectivity index is 2.76. The van der Waals surface area contributed by atoms with E-state index in [0.29, 0.717) is 15.9 Å². The molecule has 0 amide bonds. The van der Waals surface area contributed by atoms with Crippen molar-refractivity contribution in [3.63, 3.8) is 0 Å². The smallest absolute Gasteiger partial charge is 0.107 e. The second-order valence-corrected chi connectivity index (χ2v) is 7.12. The van der Waals surface area contributed by atoms with Gasteiger partial charge in [0, 0.05) is 10.3 Å². The summed E-state index contributed by atoms with van der Waals surface area (Å²) in [6.07, 6.45) is 6.03. The van der Waals surface area contributed by atoms with Crippen molar-refractivity contribution in [1.82, 2.24) is 0 Å². The number of hydrogen-bond donors (Lipinski definition) is 0. The molecular weight excluding hydrogens is 323 g/mol. The Kier molecular flexibility index (Phi) is 6.04. The van der Waals surface area contributed by atoms with Crippen LogP contribution in [0.4, 0.5) is 0 Å². The average molecular weight is 348 g/mol. The van der Waals surface area contributed by atoms with Crippen molar-refractivity contribution >= 4 is 22.6 Å². The summed E-state index contributed by atoms with van der Waals surface area (Å²) in [6.45, 7) is 11.2. The summed E-state index contributed by atoms with van der Waals surface area (Å²) in [6, 6.07) is 0. The lowest BCUT2D eigenvalue weighted by Crippen LogP contribution is -2.18. The molecule has 1 nitrogen and oxygen atoms in total. The highest BCUT2D eigenvalue weighted by molar-refractivity contribution is 14.1. The minimum absolute atomic E-state index is 0.304. The molecule has 0 bridgehead atoms. The third kappa shape index (κ3) is 4.31. The van der Waals surface area contributed by atoms with Gasteiger partial charge in [-0.3, -0.25) is 0 Å². The lowest BCUT2D eigenvalue weighted by atomic mass is 9.88. The number of ether oxygens (including phenoxy) is 1. The second-order valence-electron chi connectivity index (χ2n) is 5.16. The molecule has 1 aliphatic carbocycles. The van der Waals surface area contributed by atoms with E-state index in [-0.39, 0.29) is 0 Å². The summed E-state index contributed by atoms with van der Waals surface area (Å²) in [5.41, 5.74) is 3.05. The molecule has 0 aromatic heterocycles. The van der Waals surface area contributed by atoms with Crippen LogP contribution in [0.5, 0.6) is 0 Å². The van der Waals surface area contributed by atoms with Gasteiger partial charge in [0.2, 0.25) is 0 Å². The van der Waals surface area contributed by atoms with E-state index in [1.54, 1.807) is 5.57 Å². The molecular formula is C15H25IO. The second kappa shape index (κ2) is 6.81. The van der Waals surface area contributed by atoms with E-state index in [4.69, 9.17) is 4.74 Å². The molecule has 0 heterocycles. The number of halogens is 1. The van der Waals surface area contributed by atoms with E-state index in [1.165, 1.54) is 17.8 Å². The first-order valence-corrected chi connectivity index (χ1v) is 7.91. The molecule has 0 fully saturated rings. The van der Waals surface area contributed by atoms with Crippen LogP contribution in [0.2, 0.25) is 0 Å². The van der Waals surface area contributed by atoms with Crippen molar-refractivity contribution in [2.45, 2.75) is 63.9 Å². The summed E-state index contributed by atoms with van der Waals surface area (Å²) in [5, 5.41) is 0. The molecule has 0 spiro atoms. The topological polar surface area (TPSA) is 9.23 Å². The predicted octanol–water partition coefficient (Wildman–Crippen LogP) is 5.26. The zero-order valence-electron chi connectivity index (χ0n) is 11.7. The van der Waals surface area contributed by atoms with Crippen molar-refractivity contribution in [3.8, 4) is 0 Å². The van der Waals surface area contributed by atoms with Crippen LogP contribution in [0.15, 0.2) is 23.0 Å². The molecule has 0 saturated carbocycles. The average Bonchev–Trinajstić information content (AvgIpc) is 2.30. The fourth-order valence-electron chi connectivity index (χ4n) is 2.03. The van der Waals surface area contributed by atoms with E-state index < -0.39 is 0 Å². The molecule has 98 valence electrons. The Hall–Kier alpha value is 0.01000. The van der Waals surface area contributed by atoms with Crippen LogP contribution in [0, 0.1) is 5.92 Å². The molecule has 17 heavy (non-hydrogen) atoms. The van der Waals surface area contributed by atoms with Crippen LogP contribution in [-0.4, -0.2) is 10.0 Å². The first-order valence-electron chi connectivity index (χ1n) is 6.66. The van der Waals surface area contributed by atoms with Crippen molar-refractivity contribution in [2.75, 3.05) is 0 Å². The molecule has 1 aliphatic rings. The number of rotatable bonds is 5. The lowest BCUT2D eigenvalue weighted by Gasteiger charge is -2.25. The van der Waals surface area contributed by atoms with E-state index in [2.05, 4.69) is 63.3 Å². The fraction of sp³-hybridized carbons (Fsp3) is 0.733. The molecule has 2 heteroatoms. The monoisotopic (exact) mass is 348 g/mol. The lowest BCUT2D eigenvalue weighted by molar-refractivity contribution is 0.127. The zero-order valence-corrected chi connectivity index (χ0v) is 13.9. The van der Waals surface area contributed by atoms with E-state index in [1.807, 2.05) is 0 Å². The normalized spacial score (nSPS) is 21.9. The highest BCUT2D eigenvalue weighted by Gasteiger charge is 2.18. The van der Waals surface area contributed by atoms with Crippen molar-refractivity contribution < 1.29 is 4.74 Å².